The van der Waals surface area contributed by atoms with E-state index in [2.05, 4.69) is 20.9 Å². The maximum atomic E-state index is 13.5. The number of carboxylic acids is 1. The normalized spacial score (nSPS) is 14.6. The number of carbonyl (C=O) groups excluding carboxylic acids is 3. The van der Waals surface area contributed by atoms with Crippen LogP contribution in [0.2, 0.25) is 0 Å². The van der Waals surface area contributed by atoms with Crippen molar-refractivity contribution in [2.24, 2.45) is 23.3 Å². The summed E-state index contributed by atoms with van der Waals surface area (Å²) in [6.45, 7) is 7.72. The van der Waals surface area contributed by atoms with E-state index in [9.17, 15) is 24.3 Å². The standard InChI is InChI=1S/C28H44N6O5/c1-16(2)13-20(30)25(35)32-22(11-7-8-12-29)26(36)33-23(27(37)34-24(17(3)4)28(38)39)14-18-15-31-21-10-6-5-9-19(18)21/h5-6,9-10,15-17,20,22-24,31H,7-8,11-14,29-30H2,1-4H3,(H,32,35)(H,33,36)(H,34,37)(H,38,39). The molecule has 4 unspecified atom stereocenters. The molecule has 0 saturated carbocycles. The van der Waals surface area contributed by atoms with Crippen molar-refractivity contribution >= 4 is 34.6 Å². The second kappa shape index (κ2) is 15.2. The van der Waals surface area contributed by atoms with Crippen LogP contribution in [0.3, 0.4) is 0 Å². The highest BCUT2D eigenvalue weighted by atomic mass is 16.4. The number of nitrogens with two attached hydrogens (primary N) is 2. The van der Waals surface area contributed by atoms with Gasteiger partial charge in [-0.25, -0.2) is 4.79 Å². The van der Waals surface area contributed by atoms with Crippen LogP contribution in [-0.2, 0) is 25.6 Å². The van der Waals surface area contributed by atoms with Crippen LogP contribution in [0.5, 0.6) is 0 Å². The number of para-hydroxylation sites is 1. The molecule has 9 N–H and O–H groups in total. The van der Waals surface area contributed by atoms with Crippen LogP contribution in [-0.4, -0.2) is 64.5 Å². The van der Waals surface area contributed by atoms with Crippen LogP contribution in [0.1, 0.15) is 58.9 Å². The average Bonchev–Trinajstić information content (AvgIpc) is 3.28. The number of H-pyrrole nitrogens is 1. The van der Waals surface area contributed by atoms with Crippen molar-refractivity contribution in [1.29, 1.82) is 0 Å². The molecule has 1 aromatic heterocycles. The average molecular weight is 545 g/mol. The lowest BCUT2D eigenvalue weighted by Gasteiger charge is -2.26. The Hall–Kier alpha value is -3.44. The van der Waals surface area contributed by atoms with Gasteiger partial charge in [0.1, 0.15) is 18.1 Å². The summed E-state index contributed by atoms with van der Waals surface area (Å²) in [5, 5.41) is 18.6. The molecule has 216 valence electrons. The molecular formula is C28H44N6O5. The van der Waals surface area contributed by atoms with Crippen molar-refractivity contribution < 1.29 is 24.3 Å². The molecule has 0 fully saturated rings. The summed E-state index contributed by atoms with van der Waals surface area (Å²) >= 11 is 0. The molecule has 11 nitrogen and oxygen atoms in total. The van der Waals surface area contributed by atoms with Crippen LogP contribution >= 0.6 is 0 Å². The number of carbonyl (C=O) groups is 4. The minimum atomic E-state index is -1.17. The third-order valence-electron chi connectivity index (χ3n) is 6.60. The van der Waals surface area contributed by atoms with E-state index < -0.39 is 47.9 Å². The highest BCUT2D eigenvalue weighted by Gasteiger charge is 2.32. The fraction of sp³-hybridized carbons (Fsp3) is 0.571. The van der Waals surface area contributed by atoms with Gasteiger partial charge < -0.3 is 37.5 Å². The lowest BCUT2D eigenvalue weighted by atomic mass is 10.00. The second-order valence-electron chi connectivity index (χ2n) is 10.8. The van der Waals surface area contributed by atoms with Crippen LogP contribution < -0.4 is 27.4 Å². The minimum absolute atomic E-state index is 0.113. The van der Waals surface area contributed by atoms with Gasteiger partial charge in [-0.05, 0) is 55.7 Å². The highest BCUT2D eigenvalue weighted by Crippen LogP contribution is 2.19. The van der Waals surface area contributed by atoms with E-state index in [0.717, 1.165) is 16.5 Å². The predicted molar refractivity (Wildman–Crippen MR) is 151 cm³/mol. The van der Waals surface area contributed by atoms with Crippen LogP contribution in [0.15, 0.2) is 30.5 Å². The molecule has 11 heteroatoms. The number of hydrogen-bond donors (Lipinski definition) is 7. The first-order chi connectivity index (χ1) is 18.4. The Bertz CT molecular complexity index is 1110. The number of amides is 3. The van der Waals surface area contributed by atoms with Gasteiger partial charge in [-0.3, -0.25) is 14.4 Å². The summed E-state index contributed by atoms with van der Waals surface area (Å²) in [5.41, 5.74) is 13.3. The van der Waals surface area contributed by atoms with Crippen molar-refractivity contribution in [3.63, 3.8) is 0 Å². The highest BCUT2D eigenvalue weighted by molar-refractivity contribution is 5.94. The molecule has 1 heterocycles. The Kier molecular flexibility index (Phi) is 12.4. The molecule has 4 atom stereocenters. The first-order valence-corrected chi connectivity index (χ1v) is 13.6. The molecule has 0 aliphatic heterocycles. The van der Waals surface area contributed by atoms with E-state index >= 15 is 0 Å². The van der Waals surface area contributed by atoms with Crippen molar-refractivity contribution in [2.75, 3.05) is 6.54 Å². The largest absolute Gasteiger partial charge is 0.480 e. The molecule has 1 aromatic carbocycles. The van der Waals surface area contributed by atoms with Crippen LogP contribution in [0, 0.1) is 11.8 Å². The van der Waals surface area contributed by atoms with Crippen molar-refractivity contribution in [3.8, 4) is 0 Å². The van der Waals surface area contributed by atoms with E-state index in [-0.39, 0.29) is 18.3 Å². The maximum Gasteiger partial charge on any atom is 0.326 e. The number of benzene rings is 1. The molecule has 2 aromatic rings. The Morgan fingerprint density at radius 1 is 0.923 bits per heavy atom. The Morgan fingerprint density at radius 3 is 2.18 bits per heavy atom. The zero-order chi connectivity index (χ0) is 29.1. The van der Waals surface area contributed by atoms with Gasteiger partial charge in [0.05, 0.1) is 6.04 Å². The number of fused-ring (bicyclic) bond motifs is 1. The fourth-order valence-electron chi connectivity index (χ4n) is 4.42. The van der Waals surface area contributed by atoms with Gasteiger partial charge in [-0.15, -0.1) is 0 Å². The topological polar surface area (TPSA) is 192 Å². The molecule has 0 saturated heterocycles. The molecule has 0 radical (unpaired) electrons. The summed E-state index contributed by atoms with van der Waals surface area (Å²) in [4.78, 5) is 54.5. The van der Waals surface area contributed by atoms with E-state index in [4.69, 9.17) is 11.5 Å². The van der Waals surface area contributed by atoms with Crippen molar-refractivity contribution in [3.05, 3.63) is 36.0 Å². The molecule has 2 rings (SSSR count). The molecule has 0 spiro atoms. The van der Waals surface area contributed by atoms with E-state index in [1.165, 1.54) is 0 Å². The lowest BCUT2D eigenvalue weighted by Crippen LogP contribution is -2.58. The first-order valence-electron chi connectivity index (χ1n) is 13.6. The van der Waals surface area contributed by atoms with Crippen LogP contribution in [0.4, 0.5) is 0 Å². The number of nitrogens with one attached hydrogen (secondary N) is 4. The quantitative estimate of drug-likeness (QED) is 0.155. The second-order valence-corrected chi connectivity index (χ2v) is 10.8. The third-order valence-corrected chi connectivity index (χ3v) is 6.60. The smallest absolute Gasteiger partial charge is 0.326 e. The summed E-state index contributed by atoms with van der Waals surface area (Å²) in [6, 6.07) is 3.63. The van der Waals surface area contributed by atoms with Crippen molar-refractivity contribution in [1.82, 2.24) is 20.9 Å². The van der Waals surface area contributed by atoms with Crippen molar-refractivity contribution in [2.45, 2.75) is 84.0 Å². The number of aromatic nitrogens is 1. The molecular weight excluding hydrogens is 500 g/mol. The van der Waals surface area contributed by atoms with E-state index in [1.807, 2.05) is 38.1 Å². The monoisotopic (exact) mass is 544 g/mol. The summed E-state index contributed by atoms with van der Waals surface area (Å²) in [7, 11) is 0. The number of carboxylic acid groups (broad SMARTS) is 1. The van der Waals surface area contributed by atoms with E-state index in [1.54, 1.807) is 20.0 Å². The number of aliphatic carboxylic acids is 1. The first kappa shape index (κ1) is 31.8. The fourth-order valence-corrected chi connectivity index (χ4v) is 4.42. The van der Waals surface area contributed by atoms with Crippen LogP contribution in [0.25, 0.3) is 10.9 Å². The van der Waals surface area contributed by atoms with Gasteiger partial charge >= 0.3 is 5.97 Å². The summed E-state index contributed by atoms with van der Waals surface area (Å²) in [6.07, 6.45) is 3.89. The molecule has 3 amide bonds. The predicted octanol–water partition coefficient (Wildman–Crippen LogP) is 1.41. The molecule has 0 aliphatic carbocycles. The minimum Gasteiger partial charge on any atom is -0.480 e. The Morgan fingerprint density at radius 2 is 1.56 bits per heavy atom. The molecule has 39 heavy (non-hydrogen) atoms. The summed E-state index contributed by atoms with van der Waals surface area (Å²) < 4.78 is 0. The number of rotatable bonds is 16. The number of aromatic amines is 1. The third kappa shape index (κ3) is 9.67. The number of hydrogen-bond acceptors (Lipinski definition) is 6. The maximum absolute atomic E-state index is 13.5. The van der Waals surface area contributed by atoms with Gasteiger partial charge in [-0.2, -0.15) is 0 Å². The Balaban J connectivity index is 2.31. The SMILES string of the molecule is CC(C)CC(N)C(=O)NC(CCCCN)C(=O)NC(Cc1c[nH]c2ccccc12)C(=O)NC(C(=O)O)C(C)C. The van der Waals surface area contributed by atoms with Gasteiger partial charge in [0.15, 0.2) is 0 Å². The van der Waals surface area contributed by atoms with Gasteiger partial charge in [0, 0.05) is 23.5 Å². The van der Waals surface area contributed by atoms with Gasteiger partial charge in [0.25, 0.3) is 0 Å². The van der Waals surface area contributed by atoms with Gasteiger partial charge in [0.2, 0.25) is 17.7 Å². The number of unbranched alkanes of at least 4 members (excludes halogenated alkanes) is 1. The zero-order valence-corrected chi connectivity index (χ0v) is 23.3. The zero-order valence-electron chi connectivity index (χ0n) is 23.3. The van der Waals surface area contributed by atoms with Gasteiger partial charge in [-0.1, -0.05) is 45.9 Å². The lowest BCUT2D eigenvalue weighted by molar-refractivity contribution is -0.143. The molecule has 0 aliphatic rings. The molecule has 0 bridgehead atoms. The van der Waals surface area contributed by atoms with E-state index in [0.29, 0.717) is 32.2 Å². The summed E-state index contributed by atoms with van der Waals surface area (Å²) in [5.74, 6) is -2.96. The Labute approximate surface area is 229 Å².